The summed E-state index contributed by atoms with van der Waals surface area (Å²) in [6.07, 6.45) is 6.98. The largest absolute Gasteiger partial charge is 0.466 e. The van der Waals surface area contributed by atoms with Crippen LogP contribution >= 0.6 is 0 Å². The summed E-state index contributed by atoms with van der Waals surface area (Å²) in [4.78, 5) is 21.6. The van der Waals surface area contributed by atoms with Gasteiger partial charge in [-0.1, -0.05) is 25.0 Å². The highest BCUT2D eigenvalue weighted by molar-refractivity contribution is 5.88. The van der Waals surface area contributed by atoms with Crippen molar-refractivity contribution in [1.29, 1.82) is 0 Å². The Balaban J connectivity index is 1.43. The van der Waals surface area contributed by atoms with Gasteiger partial charge in [-0.15, -0.1) is 0 Å². The van der Waals surface area contributed by atoms with E-state index >= 15 is 0 Å². The second-order valence-corrected chi connectivity index (χ2v) is 9.09. The van der Waals surface area contributed by atoms with Crippen molar-refractivity contribution in [3.05, 3.63) is 46.9 Å². The molecule has 9 nitrogen and oxygen atoms in total. The number of allylic oxidation sites excluding steroid dienone is 1. The number of nitrogens with one attached hydrogen (secondary N) is 1. The topological polar surface area (TPSA) is 100 Å². The number of methoxy groups -OCH3 is 1. The summed E-state index contributed by atoms with van der Waals surface area (Å²) >= 11 is 0. The molecule has 5 rings (SSSR count). The fraction of sp³-hybridized carbons (Fsp3) is 0.462. The molecule has 35 heavy (non-hydrogen) atoms. The molecule has 184 valence electrons. The van der Waals surface area contributed by atoms with Crippen molar-refractivity contribution in [3.63, 3.8) is 0 Å². The van der Waals surface area contributed by atoms with Crippen molar-refractivity contribution >= 4 is 22.8 Å². The number of hydrogen-bond donors (Lipinski definition) is 1. The smallest absolute Gasteiger partial charge is 0.330 e. The predicted octanol–water partition coefficient (Wildman–Crippen LogP) is 4.41. The second kappa shape index (κ2) is 9.93. The van der Waals surface area contributed by atoms with Crippen molar-refractivity contribution in [3.8, 4) is 11.5 Å². The molecule has 3 heterocycles. The van der Waals surface area contributed by atoms with Crippen molar-refractivity contribution in [2.24, 2.45) is 7.05 Å². The quantitative estimate of drug-likeness (QED) is 0.394. The highest BCUT2D eigenvalue weighted by Gasteiger charge is 2.25. The van der Waals surface area contributed by atoms with Gasteiger partial charge in [-0.2, -0.15) is 5.10 Å². The molecule has 1 aromatic carbocycles. The maximum absolute atomic E-state index is 11.6. The molecule has 1 aliphatic carbocycles. The monoisotopic (exact) mass is 477 g/mol. The zero-order valence-corrected chi connectivity index (χ0v) is 20.5. The number of nitrogens with zero attached hydrogens (tertiary/aromatic N) is 4. The summed E-state index contributed by atoms with van der Waals surface area (Å²) in [5.41, 5.74) is 5.04. The standard InChI is InChI=1S/C26H31N5O4/c1-4-5-19-23-24(31(2)30-19)26(27-14-17-8-11-20-21(12-17)35-15-34-20)29-25(28-23)18-9-6-16(7-10-18)13-22(32)33-3/h8,11-13,18H,4-7,9-10,14-15H2,1-3H3,(H,27,28,29). The third-order valence-corrected chi connectivity index (χ3v) is 6.67. The summed E-state index contributed by atoms with van der Waals surface area (Å²) in [6.45, 7) is 3.00. The number of anilines is 1. The lowest BCUT2D eigenvalue weighted by Crippen LogP contribution is -2.14. The second-order valence-electron chi connectivity index (χ2n) is 9.09. The molecular formula is C26H31N5O4. The molecule has 0 amide bonds. The molecule has 0 unspecified atom stereocenters. The van der Waals surface area contributed by atoms with Gasteiger partial charge in [-0.3, -0.25) is 4.68 Å². The summed E-state index contributed by atoms with van der Waals surface area (Å²) in [5, 5.41) is 8.29. The van der Waals surface area contributed by atoms with Gasteiger partial charge in [-0.25, -0.2) is 14.8 Å². The van der Waals surface area contributed by atoms with Crippen LogP contribution in [0.15, 0.2) is 29.8 Å². The van der Waals surface area contributed by atoms with E-state index in [4.69, 9.17) is 29.3 Å². The van der Waals surface area contributed by atoms with Gasteiger partial charge in [-0.05, 0) is 49.8 Å². The van der Waals surface area contributed by atoms with E-state index in [1.165, 1.54) is 7.11 Å². The maximum Gasteiger partial charge on any atom is 0.330 e. The maximum atomic E-state index is 11.6. The number of benzene rings is 1. The van der Waals surface area contributed by atoms with Gasteiger partial charge in [0.25, 0.3) is 0 Å². The number of fused-ring (bicyclic) bond motifs is 2. The number of carbonyl (C=O) groups excluding carboxylic acids is 1. The van der Waals surface area contributed by atoms with Crippen LogP contribution < -0.4 is 14.8 Å². The molecule has 1 fully saturated rings. The average molecular weight is 478 g/mol. The lowest BCUT2D eigenvalue weighted by Gasteiger charge is -2.23. The van der Waals surface area contributed by atoms with Gasteiger partial charge in [0.05, 0.1) is 12.8 Å². The summed E-state index contributed by atoms with van der Waals surface area (Å²) < 4.78 is 17.6. The lowest BCUT2D eigenvalue weighted by atomic mass is 9.85. The highest BCUT2D eigenvalue weighted by Crippen LogP contribution is 2.36. The van der Waals surface area contributed by atoms with Gasteiger partial charge in [0.1, 0.15) is 16.9 Å². The minimum atomic E-state index is -0.286. The predicted molar refractivity (Wildman–Crippen MR) is 131 cm³/mol. The van der Waals surface area contributed by atoms with E-state index in [-0.39, 0.29) is 18.7 Å². The third-order valence-electron chi connectivity index (χ3n) is 6.67. The molecule has 1 saturated carbocycles. The zero-order chi connectivity index (χ0) is 24.4. The molecule has 3 aromatic rings. The molecule has 0 radical (unpaired) electrons. The first kappa shape index (κ1) is 23.1. The highest BCUT2D eigenvalue weighted by atomic mass is 16.7. The molecule has 1 N–H and O–H groups in total. The third kappa shape index (κ3) is 4.80. The molecule has 2 aromatic heterocycles. The van der Waals surface area contributed by atoms with Crippen LogP contribution in [-0.2, 0) is 29.5 Å². The Morgan fingerprint density at radius 3 is 2.80 bits per heavy atom. The van der Waals surface area contributed by atoms with E-state index in [1.807, 2.05) is 29.9 Å². The SMILES string of the molecule is CCCc1nn(C)c2c(NCc3ccc4c(c3)OCO4)nc(C3CCC(=CC(=O)OC)CC3)nc12. The minimum Gasteiger partial charge on any atom is -0.466 e. The van der Waals surface area contributed by atoms with Crippen molar-refractivity contribution in [1.82, 2.24) is 19.7 Å². The molecule has 0 atom stereocenters. The number of hydrogen-bond acceptors (Lipinski definition) is 8. The van der Waals surface area contributed by atoms with Crippen molar-refractivity contribution < 1.29 is 19.0 Å². The van der Waals surface area contributed by atoms with Crippen LogP contribution in [0.2, 0.25) is 0 Å². The Morgan fingerprint density at radius 2 is 2.03 bits per heavy atom. The van der Waals surface area contributed by atoms with Gasteiger partial charge < -0.3 is 19.5 Å². The van der Waals surface area contributed by atoms with E-state index < -0.39 is 0 Å². The summed E-state index contributed by atoms with van der Waals surface area (Å²) in [7, 11) is 3.36. The Kier molecular flexibility index (Phi) is 6.57. The normalized spacial score (nSPS) is 17.0. The molecule has 9 heteroatoms. The summed E-state index contributed by atoms with van der Waals surface area (Å²) in [5.74, 6) is 3.11. The van der Waals surface area contributed by atoms with E-state index in [0.717, 1.165) is 89.5 Å². The number of carbonyl (C=O) groups is 1. The van der Waals surface area contributed by atoms with E-state index in [9.17, 15) is 4.79 Å². The van der Waals surface area contributed by atoms with Crippen molar-refractivity contribution in [2.45, 2.75) is 57.9 Å². The molecule has 0 bridgehead atoms. The van der Waals surface area contributed by atoms with Crippen LogP contribution in [-0.4, -0.2) is 39.6 Å². The lowest BCUT2D eigenvalue weighted by molar-refractivity contribution is -0.134. The molecule has 0 spiro atoms. The first-order chi connectivity index (χ1) is 17.1. The summed E-state index contributed by atoms with van der Waals surface area (Å²) in [6, 6.07) is 5.96. The Labute approximate surface area is 204 Å². The number of rotatable bonds is 7. The van der Waals surface area contributed by atoms with Gasteiger partial charge in [0, 0.05) is 25.6 Å². The van der Waals surface area contributed by atoms with E-state index in [2.05, 4.69) is 12.2 Å². The first-order valence-electron chi connectivity index (χ1n) is 12.2. The van der Waals surface area contributed by atoms with Crippen LogP contribution in [0.1, 0.15) is 62.0 Å². The van der Waals surface area contributed by atoms with Crippen LogP contribution in [0.5, 0.6) is 11.5 Å². The average Bonchev–Trinajstić information content (AvgIpc) is 3.47. The fourth-order valence-corrected chi connectivity index (χ4v) is 4.82. The number of ether oxygens (including phenoxy) is 3. The Hall–Kier alpha value is -3.62. The number of aromatic nitrogens is 4. The first-order valence-corrected chi connectivity index (χ1v) is 12.2. The van der Waals surface area contributed by atoms with Crippen LogP contribution in [0, 0.1) is 0 Å². The molecule has 0 saturated heterocycles. The minimum absolute atomic E-state index is 0.231. The molecule has 1 aliphatic heterocycles. The van der Waals surface area contributed by atoms with Crippen LogP contribution in [0.4, 0.5) is 5.82 Å². The Morgan fingerprint density at radius 1 is 1.23 bits per heavy atom. The van der Waals surface area contributed by atoms with E-state index in [0.29, 0.717) is 6.54 Å². The van der Waals surface area contributed by atoms with Crippen LogP contribution in [0.25, 0.3) is 11.0 Å². The van der Waals surface area contributed by atoms with Crippen LogP contribution in [0.3, 0.4) is 0 Å². The number of esters is 1. The van der Waals surface area contributed by atoms with Gasteiger partial charge >= 0.3 is 5.97 Å². The zero-order valence-electron chi connectivity index (χ0n) is 20.5. The molecule has 2 aliphatic rings. The Bertz CT molecular complexity index is 1270. The van der Waals surface area contributed by atoms with Gasteiger partial charge in [0.15, 0.2) is 17.3 Å². The number of aryl methyl sites for hydroxylation is 2. The fourth-order valence-electron chi connectivity index (χ4n) is 4.82. The van der Waals surface area contributed by atoms with Gasteiger partial charge in [0.2, 0.25) is 6.79 Å². The van der Waals surface area contributed by atoms with Crippen molar-refractivity contribution in [2.75, 3.05) is 19.2 Å². The molecular weight excluding hydrogens is 446 g/mol. The van der Waals surface area contributed by atoms with E-state index in [1.54, 1.807) is 6.08 Å².